The highest BCUT2D eigenvalue weighted by molar-refractivity contribution is 6.13. The third-order valence-corrected chi connectivity index (χ3v) is 5.07. The molecular formula is C18H13N2+. The van der Waals surface area contributed by atoms with Gasteiger partial charge in [-0.1, -0.05) is 36.4 Å². The van der Waals surface area contributed by atoms with Gasteiger partial charge in [0, 0.05) is 28.3 Å². The zero-order chi connectivity index (χ0) is 12.8. The Morgan fingerprint density at radius 1 is 0.900 bits per heavy atom. The summed E-state index contributed by atoms with van der Waals surface area (Å²) in [5, 5.41) is 4.30. The second-order valence-electron chi connectivity index (χ2n) is 6.06. The van der Waals surface area contributed by atoms with Gasteiger partial charge in [-0.05, 0) is 6.42 Å². The van der Waals surface area contributed by atoms with Gasteiger partial charge in [0.15, 0.2) is 0 Å². The van der Waals surface area contributed by atoms with E-state index in [2.05, 4.69) is 51.6 Å². The Hall–Kier alpha value is -2.35. The predicted molar refractivity (Wildman–Crippen MR) is 79.1 cm³/mol. The lowest BCUT2D eigenvalue weighted by Crippen LogP contribution is -2.28. The normalized spacial score (nSPS) is 15.4. The number of hydrogen-bond donors (Lipinski definition) is 0. The molecule has 0 saturated carbocycles. The van der Waals surface area contributed by atoms with Crippen LogP contribution in [0.4, 0.5) is 0 Å². The number of imidazole rings is 1. The Morgan fingerprint density at radius 3 is 2.70 bits per heavy atom. The molecule has 0 aliphatic carbocycles. The number of pyridine rings is 1. The summed E-state index contributed by atoms with van der Waals surface area (Å²) < 4.78 is 4.96. The van der Waals surface area contributed by atoms with E-state index >= 15 is 0 Å². The summed E-state index contributed by atoms with van der Waals surface area (Å²) in [6.45, 7) is 1.03. The van der Waals surface area contributed by atoms with Crippen LogP contribution in [0.2, 0.25) is 0 Å². The van der Waals surface area contributed by atoms with Crippen molar-refractivity contribution in [3.8, 4) is 0 Å². The monoisotopic (exact) mass is 257 g/mol. The maximum atomic E-state index is 2.52. The molecule has 6 rings (SSSR count). The van der Waals surface area contributed by atoms with Crippen LogP contribution in [0.5, 0.6) is 0 Å². The Labute approximate surface area is 115 Å². The standard InChI is InChI=1S/C18H13N2/c1-3-11-7-8-13-10-19-9-12-4-2-5-14-15(6-1)17(11)20(13)18(19)16(12)14/h1-6,10H,7-9H2/q+1. The fraction of sp³-hybridized carbons (Fsp3) is 0.167. The van der Waals surface area contributed by atoms with E-state index < -0.39 is 0 Å². The first-order valence-electron chi connectivity index (χ1n) is 7.31. The minimum absolute atomic E-state index is 1.03. The van der Waals surface area contributed by atoms with Gasteiger partial charge in [0.2, 0.25) is 0 Å². The second-order valence-corrected chi connectivity index (χ2v) is 6.06. The third-order valence-electron chi connectivity index (χ3n) is 5.07. The molecule has 20 heavy (non-hydrogen) atoms. The Kier molecular flexibility index (Phi) is 1.37. The van der Waals surface area contributed by atoms with E-state index in [1.54, 1.807) is 0 Å². The van der Waals surface area contributed by atoms with E-state index in [1.807, 2.05) is 0 Å². The Bertz CT molecular complexity index is 1070. The zero-order valence-corrected chi connectivity index (χ0v) is 11.1. The van der Waals surface area contributed by atoms with Gasteiger partial charge >= 0.3 is 0 Å². The van der Waals surface area contributed by atoms with Crippen LogP contribution >= 0.6 is 0 Å². The van der Waals surface area contributed by atoms with E-state index in [9.17, 15) is 0 Å². The van der Waals surface area contributed by atoms with Crippen LogP contribution in [0, 0.1) is 0 Å². The lowest BCUT2D eigenvalue weighted by atomic mass is 9.96. The van der Waals surface area contributed by atoms with Crippen LogP contribution in [0.25, 0.3) is 27.3 Å². The first kappa shape index (κ1) is 9.54. The van der Waals surface area contributed by atoms with Crippen LogP contribution in [-0.4, -0.2) is 4.40 Å². The topological polar surface area (TPSA) is 8.29 Å². The number of para-hydroxylation sites is 1. The summed E-state index contributed by atoms with van der Waals surface area (Å²) in [5.41, 5.74) is 7.28. The van der Waals surface area contributed by atoms with Crippen molar-refractivity contribution in [2.24, 2.45) is 0 Å². The summed E-state index contributed by atoms with van der Waals surface area (Å²) in [4.78, 5) is 0. The summed E-state index contributed by atoms with van der Waals surface area (Å²) in [6, 6.07) is 13.6. The van der Waals surface area contributed by atoms with Crippen molar-refractivity contribution in [3.63, 3.8) is 0 Å². The average molecular weight is 257 g/mol. The molecule has 4 aromatic rings. The molecular weight excluding hydrogens is 244 g/mol. The third kappa shape index (κ3) is 0.856. The molecule has 2 aromatic heterocycles. The van der Waals surface area contributed by atoms with Gasteiger partial charge in [-0.15, -0.1) is 0 Å². The molecule has 2 nitrogen and oxygen atoms in total. The molecule has 94 valence electrons. The van der Waals surface area contributed by atoms with Crippen LogP contribution in [0.15, 0.2) is 42.6 Å². The summed E-state index contributed by atoms with van der Waals surface area (Å²) >= 11 is 0. The SMILES string of the molecule is c1cc2c3c(c1)c1cccc4c1n1c(c[n+](c31)C2)CC4. The molecule has 0 atom stereocenters. The highest BCUT2D eigenvalue weighted by Gasteiger charge is 2.32. The van der Waals surface area contributed by atoms with Crippen molar-refractivity contribution in [2.75, 3.05) is 0 Å². The van der Waals surface area contributed by atoms with Crippen molar-refractivity contribution in [3.05, 3.63) is 59.4 Å². The molecule has 0 bridgehead atoms. The quantitative estimate of drug-likeness (QED) is 0.298. The number of fused-ring (bicyclic) bond motifs is 1. The maximum absolute atomic E-state index is 2.52. The van der Waals surface area contributed by atoms with Crippen molar-refractivity contribution >= 4 is 27.3 Å². The van der Waals surface area contributed by atoms with Gasteiger partial charge in [0.05, 0.1) is 5.39 Å². The van der Waals surface area contributed by atoms with Gasteiger partial charge in [-0.25, -0.2) is 4.57 Å². The number of nitrogens with zero attached hydrogens (tertiary/aromatic N) is 2. The minimum atomic E-state index is 1.03. The maximum Gasteiger partial charge on any atom is 0.295 e. The molecule has 0 fully saturated rings. The van der Waals surface area contributed by atoms with Crippen molar-refractivity contribution in [1.82, 2.24) is 4.40 Å². The molecule has 0 N–H and O–H groups in total. The van der Waals surface area contributed by atoms with Gasteiger partial charge in [0.25, 0.3) is 5.65 Å². The molecule has 2 aliphatic heterocycles. The fourth-order valence-corrected chi connectivity index (χ4v) is 4.31. The van der Waals surface area contributed by atoms with Gasteiger partial charge in [0.1, 0.15) is 24.0 Å². The molecule has 0 spiro atoms. The predicted octanol–water partition coefficient (Wildman–Crippen LogP) is 2.99. The lowest BCUT2D eigenvalue weighted by Gasteiger charge is -2.12. The van der Waals surface area contributed by atoms with Crippen molar-refractivity contribution < 1.29 is 4.57 Å². The van der Waals surface area contributed by atoms with Crippen LogP contribution in [0.1, 0.15) is 16.8 Å². The Morgan fingerprint density at radius 2 is 1.75 bits per heavy atom. The number of aromatic nitrogens is 2. The number of benzene rings is 2. The number of aryl methyl sites for hydroxylation is 2. The highest BCUT2D eigenvalue weighted by Crippen LogP contribution is 2.37. The van der Waals surface area contributed by atoms with E-state index in [0.29, 0.717) is 0 Å². The average Bonchev–Trinajstić information content (AvgIpc) is 3.01. The highest BCUT2D eigenvalue weighted by atomic mass is 15.1. The lowest BCUT2D eigenvalue weighted by molar-refractivity contribution is -0.657. The van der Waals surface area contributed by atoms with Crippen LogP contribution in [0.3, 0.4) is 0 Å². The fourth-order valence-electron chi connectivity index (χ4n) is 4.31. The number of hydrogen-bond acceptors (Lipinski definition) is 0. The van der Waals surface area contributed by atoms with E-state index in [0.717, 1.165) is 13.0 Å². The molecule has 2 aliphatic rings. The zero-order valence-electron chi connectivity index (χ0n) is 11.1. The molecule has 0 radical (unpaired) electrons. The second kappa shape index (κ2) is 2.88. The van der Waals surface area contributed by atoms with Crippen LogP contribution < -0.4 is 4.57 Å². The smallest absolute Gasteiger partial charge is 0.225 e. The van der Waals surface area contributed by atoms with Crippen molar-refractivity contribution in [1.29, 1.82) is 0 Å². The molecule has 0 saturated heterocycles. The van der Waals surface area contributed by atoms with E-state index in [4.69, 9.17) is 0 Å². The van der Waals surface area contributed by atoms with Crippen molar-refractivity contribution in [2.45, 2.75) is 19.4 Å². The van der Waals surface area contributed by atoms with Gasteiger partial charge in [-0.3, -0.25) is 0 Å². The van der Waals surface area contributed by atoms with E-state index in [-0.39, 0.29) is 0 Å². The largest absolute Gasteiger partial charge is 0.295 e. The molecule has 2 aromatic carbocycles. The molecule has 0 unspecified atom stereocenters. The minimum Gasteiger partial charge on any atom is -0.225 e. The first-order valence-corrected chi connectivity index (χ1v) is 7.31. The van der Waals surface area contributed by atoms with Gasteiger partial charge < -0.3 is 0 Å². The summed E-state index contributed by atoms with van der Waals surface area (Å²) in [7, 11) is 0. The summed E-state index contributed by atoms with van der Waals surface area (Å²) in [6.07, 6.45) is 4.69. The van der Waals surface area contributed by atoms with Crippen LogP contribution in [-0.2, 0) is 19.4 Å². The molecule has 0 amide bonds. The number of rotatable bonds is 0. The Balaban J connectivity index is 2.13. The van der Waals surface area contributed by atoms with E-state index in [1.165, 1.54) is 50.6 Å². The molecule has 2 heteroatoms. The first-order chi connectivity index (χ1) is 9.92. The molecule has 4 heterocycles. The summed E-state index contributed by atoms with van der Waals surface area (Å²) in [5.74, 6) is 0. The van der Waals surface area contributed by atoms with Gasteiger partial charge in [-0.2, -0.15) is 4.40 Å².